The molecule has 0 aromatic heterocycles. The van der Waals surface area contributed by atoms with Crippen LogP contribution < -0.4 is 39.4 Å². The molecule has 0 spiro atoms. The molecule has 3 unspecified atom stereocenters. The summed E-state index contributed by atoms with van der Waals surface area (Å²) in [4.78, 5) is 10.3. The third kappa shape index (κ3) is 19.6. The number of hydrogen-bond donors (Lipinski definition) is 1. The molecule has 73 heavy (non-hydrogen) atoms. The van der Waals surface area contributed by atoms with Crippen LogP contribution in [0.5, 0.6) is 5.75 Å². The molecule has 4 aromatic rings. The minimum Gasteiger partial charge on any atom is -0.550 e. The van der Waals surface area contributed by atoms with Crippen LogP contribution in [0.1, 0.15) is 146 Å². The topological polar surface area (TPSA) is 97.3 Å². The summed E-state index contributed by atoms with van der Waals surface area (Å²) in [5.41, 5.74) is -2.78. The van der Waals surface area contributed by atoms with Gasteiger partial charge in [-0.25, -0.2) is 8.78 Å². The Morgan fingerprint density at radius 3 is 1.82 bits per heavy atom. The molecule has 7 rings (SSSR count). The number of halogens is 8. The van der Waals surface area contributed by atoms with Crippen LogP contribution in [-0.2, 0) is 37.4 Å². The summed E-state index contributed by atoms with van der Waals surface area (Å²) >= 11 is 0.690. The van der Waals surface area contributed by atoms with Gasteiger partial charge in [0, 0.05) is 33.3 Å². The fourth-order valence-electron chi connectivity index (χ4n) is 8.40. The molecule has 3 aliphatic rings. The molecule has 1 N–H and O–H groups in total. The van der Waals surface area contributed by atoms with Crippen molar-refractivity contribution in [3.63, 3.8) is 0 Å². The predicted octanol–water partition coefficient (Wildman–Crippen LogP) is 11.4. The van der Waals surface area contributed by atoms with Crippen molar-refractivity contribution in [2.24, 2.45) is 0 Å². The largest absolute Gasteiger partial charge is 1.00 e. The quantitative estimate of drug-likeness (QED) is 0.0598. The average Bonchev–Trinajstić information content (AvgIpc) is 3.84. The Morgan fingerprint density at radius 1 is 0.712 bits per heavy atom. The Hall–Kier alpha value is -3.48. The van der Waals surface area contributed by atoms with E-state index in [4.69, 9.17) is 18.9 Å². The van der Waals surface area contributed by atoms with Crippen LogP contribution in [0.15, 0.2) is 101 Å². The molecular formula is C56H69F8NaO7S. The van der Waals surface area contributed by atoms with E-state index in [1.54, 1.807) is 24.3 Å². The molecule has 3 heterocycles. The maximum atomic E-state index is 14.1. The van der Waals surface area contributed by atoms with E-state index in [9.17, 15) is 50.1 Å². The number of carbonyl (C=O) groups excluding carboxylic acids is 1. The molecule has 17 heteroatoms. The summed E-state index contributed by atoms with van der Waals surface area (Å²) < 4.78 is 129. The molecular weight excluding hydrogens is 992 g/mol. The Kier molecular flexibility index (Phi) is 26.5. The van der Waals surface area contributed by atoms with E-state index >= 15 is 0 Å². The van der Waals surface area contributed by atoms with Crippen LogP contribution in [0.2, 0.25) is 0 Å². The van der Waals surface area contributed by atoms with Crippen molar-refractivity contribution in [2.75, 3.05) is 13.2 Å². The van der Waals surface area contributed by atoms with Gasteiger partial charge in [0.2, 0.25) is 0 Å². The zero-order chi connectivity index (χ0) is 53.1. The number of carboxylic acids is 1. The summed E-state index contributed by atoms with van der Waals surface area (Å²) in [7, 11) is 0. The van der Waals surface area contributed by atoms with Gasteiger partial charge < -0.3 is 34.0 Å². The first-order valence-corrected chi connectivity index (χ1v) is 25.7. The number of aryl methyl sites for hydroxylation is 1. The van der Waals surface area contributed by atoms with Crippen molar-refractivity contribution in [1.82, 2.24) is 0 Å². The molecule has 0 aliphatic carbocycles. The monoisotopic (exact) mass is 1060 g/mol. The predicted molar refractivity (Wildman–Crippen MR) is 262 cm³/mol. The molecule has 0 saturated carbocycles. The van der Waals surface area contributed by atoms with E-state index in [0.717, 1.165) is 36.5 Å². The second kappa shape index (κ2) is 30.3. The number of benzene rings is 4. The van der Waals surface area contributed by atoms with Gasteiger partial charge in [-0.2, -0.15) is 26.3 Å². The van der Waals surface area contributed by atoms with Gasteiger partial charge in [0.25, 0.3) is 5.60 Å². The van der Waals surface area contributed by atoms with Gasteiger partial charge in [0.1, 0.15) is 36.2 Å². The Morgan fingerprint density at radius 2 is 1.29 bits per heavy atom. The number of aliphatic hydroxyl groups is 1. The van der Waals surface area contributed by atoms with Crippen LogP contribution in [0.25, 0.3) is 5.57 Å². The van der Waals surface area contributed by atoms with Crippen molar-refractivity contribution in [3.05, 3.63) is 130 Å². The van der Waals surface area contributed by atoms with Crippen molar-refractivity contribution in [3.8, 4) is 5.75 Å². The molecule has 4 aromatic carbocycles. The van der Waals surface area contributed by atoms with Crippen molar-refractivity contribution in [1.29, 1.82) is 0 Å². The normalized spacial score (nSPS) is 17.7. The fraction of sp³-hybridized carbons (Fsp3) is 0.518. The van der Waals surface area contributed by atoms with Crippen LogP contribution >= 0.6 is 11.8 Å². The van der Waals surface area contributed by atoms with E-state index in [-0.39, 0.29) is 71.9 Å². The second-order valence-corrected chi connectivity index (χ2v) is 19.6. The van der Waals surface area contributed by atoms with Gasteiger partial charge in [-0.3, -0.25) is 0 Å². The molecule has 3 aliphatic heterocycles. The van der Waals surface area contributed by atoms with Gasteiger partial charge in [0.05, 0.1) is 12.7 Å². The summed E-state index contributed by atoms with van der Waals surface area (Å²) in [6.07, 6.45) is 7.66. The molecule has 0 bridgehead atoms. The van der Waals surface area contributed by atoms with Gasteiger partial charge in [0.15, 0.2) is 5.79 Å². The van der Waals surface area contributed by atoms with E-state index in [1.165, 1.54) is 94.0 Å². The number of unbranched alkanes of at least 4 members (excludes halogenated alkanes) is 9. The van der Waals surface area contributed by atoms with Crippen molar-refractivity contribution in [2.45, 2.75) is 183 Å². The number of rotatable bonds is 18. The van der Waals surface area contributed by atoms with Crippen LogP contribution in [0.4, 0.5) is 35.1 Å². The summed E-state index contributed by atoms with van der Waals surface area (Å²) in [6, 6.07) is 19.2. The Bertz CT molecular complexity index is 2280. The maximum absolute atomic E-state index is 14.1. The average molecular weight is 1060 g/mol. The van der Waals surface area contributed by atoms with E-state index in [1.807, 2.05) is 38.1 Å². The third-order valence-corrected chi connectivity index (χ3v) is 13.1. The van der Waals surface area contributed by atoms with E-state index in [2.05, 4.69) is 27.7 Å². The van der Waals surface area contributed by atoms with Crippen LogP contribution in [0.3, 0.4) is 0 Å². The van der Waals surface area contributed by atoms with Crippen molar-refractivity contribution >= 4 is 23.3 Å². The third-order valence-electron chi connectivity index (χ3n) is 12.1. The number of hydrogen-bond acceptors (Lipinski definition) is 8. The first-order chi connectivity index (χ1) is 34.0. The molecule has 398 valence electrons. The zero-order valence-corrected chi connectivity index (χ0v) is 45.9. The maximum Gasteiger partial charge on any atom is 1.00 e. The summed E-state index contributed by atoms with van der Waals surface area (Å²) in [5, 5.41) is 19.9. The van der Waals surface area contributed by atoms with E-state index in [0.29, 0.717) is 46.2 Å². The van der Waals surface area contributed by atoms with E-state index < -0.39 is 46.9 Å². The molecule has 3 atom stereocenters. The molecule has 7 nitrogen and oxygen atoms in total. The number of fused-ring (bicyclic) bond motifs is 2. The van der Waals surface area contributed by atoms with Crippen LogP contribution in [-0.4, -0.2) is 60.7 Å². The minimum absolute atomic E-state index is 0. The summed E-state index contributed by atoms with van der Waals surface area (Å²) in [6.45, 7) is 13.6. The smallest absolute Gasteiger partial charge is 0.550 e. The van der Waals surface area contributed by atoms with Crippen molar-refractivity contribution < 1.29 is 98.6 Å². The Labute approximate surface area is 452 Å². The number of carboxylic acid groups (broad SMARTS) is 1. The zero-order valence-electron chi connectivity index (χ0n) is 43.0. The van der Waals surface area contributed by atoms with Gasteiger partial charge in [-0.15, -0.1) is 0 Å². The molecule has 0 amide bonds. The van der Waals surface area contributed by atoms with Gasteiger partial charge >= 0.3 is 41.9 Å². The number of carbonyl (C=O) groups is 1. The van der Waals surface area contributed by atoms with Gasteiger partial charge in [-0.1, -0.05) is 146 Å². The Balaban J connectivity index is 0.000000302. The SMILES string of the molecule is CCC1OCC2OC(C)(C)OC12.CCCCCCCCCCCC.CCCc1ccc(CC(=O)[O-])cc1.OC(c1cc(F)cc(Sc2ccc3c(c2)OCC=C3c2ccc(F)cc2)c1)(C(F)(F)F)C(F)(F)F.[Na+]. The minimum atomic E-state index is -6.14. The first kappa shape index (κ1) is 63.8. The fourth-order valence-corrected chi connectivity index (χ4v) is 9.33. The number of alkyl halides is 6. The summed E-state index contributed by atoms with van der Waals surface area (Å²) in [5.74, 6) is -2.86. The first-order valence-electron chi connectivity index (χ1n) is 24.9. The molecule has 2 fully saturated rings. The standard InChI is InChI=1S/C24H14F8O2S.C12H26.C11H14O2.C9H16O3.Na/c25-15-3-1-13(2-4-15)19-7-8-34-21-12-17(5-6-20(19)21)35-18-10-14(9-16(26)11-18)22(33,23(27,28)29)24(30,31)32;1-3-5-7-9-11-12-10-8-6-4-2;1-2-3-9-4-6-10(7-5-9)8-11(12)13;1-4-6-8-7(5-10-6)11-9(2,3)12-8;/h1-7,9-12,33H,8H2;3-12H2,1-2H3;4-7H,2-3,8H2,1H3,(H,12,13);6-8H,4-5H2,1-3H3;/q;;;;+1/p-1. The molecule has 0 radical (unpaired) electrons. The molecule has 2 saturated heterocycles. The second-order valence-electron chi connectivity index (χ2n) is 18.4. The number of ether oxygens (including phenoxy) is 4. The van der Waals surface area contributed by atoms with Gasteiger partial charge in [-0.05, 0) is 104 Å². The van der Waals surface area contributed by atoms with Crippen LogP contribution in [0, 0.1) is 11.6 Å². The number of aliphatic carboxylic acids is 1.